The van der Waals surface area contributed by atoms with Crippen molar-refractivity contribution in [3.63, 3.8) is 0 Å². The molecule has 3 rings (SSSR count). The lowest BCUT2D eigenvalue weighted by atomic mass is 10.0. The van der Waals surface area contributed by atoms with Crippen molar-refractivity contribution >= 4 is 27.3 Å². The maximum atomic E-state index is 3.54. The van der Waals surface area contributed by atoms with Crippen molar-refractivity contribution in [3.8, 4) is 0 Å². The van der Waals surface area contributed by atoms with Crippen molar-refractivity contribution in [2.24, 2.45) is 5.92 Å². The SMILES string of the molecule is CNC(c1cc(Br)cs1)C1CC1c1ccccc1. The van der Waals surface area contributed by atoms with Gasteiger partial charge in [-0.05, 0) is 52.9 Å². The average Bonchev–Trinajstić information content (AvgIpc) is 3.07. The summed E-state index contributed by atoms with van der Waals surface area (Å²) in [5, 5.41) is 5.65. The van der Waals surface area contributed by atoms with Gasteiger partial charge in [0.1, 0.15) is 0 Å². The van der Waals surface area contributed by atoms with Crippen LogP contribution in [0.25, 0.3) is 0 Å². The number of nitrogens with one attached hydrogen (secondary N) is 1. The summed E-state index contributed by atoms with van der Waals surface area (Å²) in [7, 11) is 2.07. The molecule has 94 valence electrons. The van der Waals surface area contributed by atoms with E-state index < -0.39 is 0 Å². The van der Waals surface area contributed by atoms with Crippen LogP contribution in [-0.4, -0.2) is 7.05 Å². The van der Waals surface area contributed by atoms with Gasteiger partial charge in [0.05, 0.1) is 0 Å². The van der Waals surface area contributed by atoms with Crippen molar-refractivity contribution in [2.75, 3.05) is 7.05 Å². The first-order chi connectivity index (χ1) is 8.79. The first kappa shape index (κ1) is 12.4. The van der Waals surface area contributed by atoms with Gasteiger partial charge in [0.2, 0.25) is 0 Å². The molecule has 2 aromatic rings. The zero-order valence-electron chi connectivity index (χ0n) is 10.3. The van der Waals surface area contributed by atoms with E-state index in [0.717, 1.165) is 11.8 Å². The first-order valence-electron chi connectivity index (χ1n) is 6.25. The molecule has 1 saturated carbocycles. The quantitative estimate of drug-likeness (QED) is 0.869. The number of rotatable bonds is 4. The van der Waals surface area contributed by atoms with Crippen molar-refractivity contribution in [1.82, 2.24) is 5.32 Å². The van der Waals surface area contributed by atoms with Gasteiger partial charge in [-0.1, -0.05) is 30.3 Å². The third-order valence-corrected chi connectivity index (χ3v) is 5.48. The van der Waals surface area contributed by atoms with Crippen molar-refractivity contribution in [2.45, 2.75) is 18.4 Å². The molecule has 0 saturated heterocycles. The molecule has 0 amide bonds. The second-order valence-corrected chi connectivity index (χ2v) is 6.71. The zero-order valence-corrected chi connectivity index (χ0v) is 12.7. The fraction of sp³-hybridized carbons (Fsp3) is 0.333. The van der Waals surface area contributed by atoms with Gasteiger partial charge in [0.25, 0.3) is 0 Å². The smallest absolute Gasteiger partial charge is 0.0447 e. The van der Waals surface area contributed by atoms with Crippen LogP contribution in [0.15, 0.2) is 46.3 Å². The summed E-state index contributed by atoms with van der Waals surface area (Å²) in [5.41, 5.74) is 1.48. The minimum atomic E-state index is 0.492. The van der Waals surface area contributed by atoms with Crippen molar-refractivity contribution < 1.29 is 0 Å². The Morgan fingerprint density at radius 2 is 2.11 bits per heavy atom. The van der Waals surface area contributed by atoms with Gasteiger partial charge in [-0.15, -0.1) is 11.3 Å². The molecule has 1 heterocycles. The molecule has 0 bridgehead atoms. The summed E-state index contributed by atoms with van der Waals surface area (Å²) in [4.78, 5) is 1.44. The standard InChI is InChI=1S/C15H16BrNS/c1-17-15(14-7-11(16)9-18-14)13-8-12(13)10-5-3-2-4-6-10/h2-7,9,12-13,15,17H,8H2,1H3. The number of thiophene rings is 1. The van der Waals surface area contributed by atoms with Crippen LogP contribution in [0, 0.1) is 5.92 Å². The van der Waals surface area contributed by atoms with Crippen molar-refractivity contribution in [3.05, 3.63) is 56.7 Å². The van der Waals surface area contributed by atoms with Crippen LogP contribution in [-0.2, 0) is 0 Å². The Morgan fingerprint density at radius 3 is 2.72 bits per heavy atom. The van der Waals surface area contributed by atoms with Gasteiger partial charge in [-0.3, -0.25) is 0 Å². The van der Waals surface area contributed by atoms with E-state index in [1.165, 1.54) is 21.3 Å². The third kappa shape index (κ3) is 2.40. The van der Waals surface area contributed by atoms with Crippen LogP contribution < -0.4 is 5.32 Å². The number of halogens is 1. The predicted octanol–water partition coefficient (Wildman–Crippen LogP) is 4.57. The van der Waals surface area contributed by atoms with Gasteiger partial charge in [0, 0.05) is 20.8 Å². The molecular formula is C15H16BrNS. The summed E-state index contributed by atoms with van der Waals surface area (Å²) in [6.07, 6.45) is 1.30. The van der Waals surface area contributed by atoms with Gasteiger partial charge >= 0.3 is 0 Å². The number of hydrogen-bond donors (Lipinski definition) is 1. The van der Waals surface area contributed by atoms with Crippen LogP contribution in [0.3, 0.4) is 0 Å². The minimum absolute atomic E-state index is 0.492. The molecule has 1 aliphatic rings. The topological polar surface area (TPSA) is 12.0 Å². The largest absolute Gasteiger partial charge is 0.312 e. The Morgan fingerprint density at radius 1 is 1.33 bits per heavy atom. The Balaban J connectivity index is 1.76. The fourth-order valence-electron chi connectivity index (χ4n) is 2.73. The normalized spacial score (nSPS) is 23.9. The molecule has 3 unspecified atom stereocenters. The van der Waals surface area contributed by atoms with E-state index >= 15 is 0 Å². The van der Waals surface area contributed by atoms with E-state index in [0.29, 0.717) is 6.04 Å². The second kappa shape index (κ2) is 5.16. The lowest BCUT2D eigenvalue weighted by Crippen LogP contribution is -2.17. The molecule has 1 aliphatic carbocycles. The van der Waals surface area contributed by atoms with Gasteiger partial charge < -0.3 is 5.32 Å². The molecule has 1 N–H and O–H groups in total. The van der Waals surface area contributed by atoms with E-state index in [1.807, 2.05) is 11.3 Å². The Hall–Kier alpha value is -0.640. The molecule has 0 radical (unpaired) electrons. The molecule has 1 aromatic heterocycles. The summed E-state index contributed by atoms with van der Waals surface area (Å²) in [6, 6.07) is 13.6. The molecule has 1 nitrogen and oxygen atoms in total. The average molecular weight is 322 g/mol. The molecule has 1 aromatic carbocycles. The highest BCUT2D eigenvalue weighted by molar-refractivity contribution is 9.10. The molecular weight excluding hydrogens is 306 g/mol. The molecule has 0 spiro atoms. The van der Waals surface area contributed by atoms with E-state index in [2.05, 4.69) is 70.1 Å². The van der Waals surface area contributed by atoms with Gasteiger partial charge in [0.15, 0.2) is 0 Å². The van der Waals surface area contributed by atoms with Crippen LogP contribution in [0.2, 0.25) is 0 Å². The highest BCUT2D eigenvalue weighted by Gasteiger charge is 2.44. The Labute approximate surface area is 120 Å². The number of benzene rings is 1. The lowest BCUT2D eigenvalue weighted by Gasteiger charge is -2.14. The molecule has 3 atom stereocenters. The maximum Gasteiger partial charge on any atom is 0.0447 e. The zero-order chi connectivity index (χ0) is 12.5. The summed E-state index contributed by atoms with van der Waals surface area (Å²) >= 11 is 5.38. The monoisotopic (exact) mass is 321 g/mol. The third-order valence-electron chi connectivity index (χ3n) is 3.70. The van der Waals surface area contributed by atoms with Crippen LogP contribution in [0.5, 0.6) is 0 Å². The Bertz CT molecular complexity index is 522. The highest BCUT2D eigenvalue weighted by Crippen LogP contribution is 2.54. The second-order valence-electron chi connectivity index (χ2n) is 4.85. The lowest BCUT2D eigenvalue weighted by molar-refractivity contribution is 0.526. The van der Waals surface area contributed by atoms with E-state index in [1.54, 1.807) is 0 Å². The van der Waals surface area contributed by atoms with E-state index in [-0.39, 0.29) is 0 Å². The summed E-state index contributed by atoms with van der Waals surface area (Å²) in [6.45, 7) is 0. The summed E-state index contributed by atoms with van der Waals surface area (Å²) in [5.74, 6) is 1.47. The van der Waals surface area contributed by atoms with Crippen molar-refractivity contribution in [1.29, 1.82) is 0 Å². The Kier molecular flexibility index (Phi) is 3.55. The van der Waals surface area contributed by atoms with Gasteiger partial charge in [-0.25, -0.2) is 0 Å². The minimum Gasteiger partial charge on any atom is -0.312 e. The fourth-order valence-corrected chi connectivity index (χ4v) is 4.35. The van der Waals surface area contributed by atoms with Crippen LogP contribution in [0.4, 0.5) is 0 Å². The van der Waals surface area contributed by atoms with Crippen LogP contribution in [0.1, 0.15) is 28.8 Å². The van der Waals surface area contributed by atoms with E-state index in [9.17, 15) is 0 Å². The van der Waals surface area contributed by atoms with Crippen LogP contribution >= 0.6 is 27.3 Å². The predicted molar refractivity (Wildman–Crippen MR) is 81.1 cm³/mol. The maximum absolute atomic E-state index is 3.54. The molecule has 1 fully saturated rings. The van der Waals surface area contributed by atoms with Gasteiger partial charge in [-0.2, -0.15) is 0 Å². The van der Waals surface area contributed by atoms with E-state index in [4.69, 9.17) is 0 Å². The number of hydrogen-bond acceptors (Lipinski definition) is 2. The molecule has 3 heteroatoms. The first-order valence-corrected chi connectivity index (χ1v) is 7.93. The molecule has 0 aliphatic heterocycles. The molecule has 18 heavy (non-hydrogen) atoms. The highest BCUT2D eigenvalue weighted by atomic mass is 79.9. The summed E-state index contributed by atoms with van der Waals surface area (Å²) < 4.78 is 1.19.